The van der Waals surface area contributed by atoms with E-state index in [0.29, 0.717) is 36.3 Å². The van der Waals surface area contributed by atoms with Crippen LogP contribution in [0, 0.1) is 6.92 Å². The van der Waals surface area contributed by atoms with Crippen LogP contribution in [0.15, 0.2) is 24.5 Å². The van der Waals surface area contributed by atoms with Crippen LogP contribution in [-0.4, -0.2) is 29.1 Å². The van der Waals surface area contributed by atoms with Crippen molar-refractivity contribution in [3.05, 3.63) is 46.5 Å². The van der Waals surface area contributed by atoms with Gasteiger partial charge in [0.25, 0.3) is 5.91 Å². The van der Waals surface area contributed by atoms with Gasteiger partial charge in [0, 0.05) is 19.2 Å². The molecule has 1 amide bonds. The third-order valence-electron chi connectivity index (χ3n) is 3.33. The van der Waals surface area contributed by atoms with Crippen LogP contribution >= 0.6 is 11.6 Å². The van der Waals surface area contributed by atoms with E-state index in [0.717, 1.165) is 17.7 Å². The molecule has 2 heterocycles. The molecule has 0 fully saturated rings. The van der Waals surface area contributed by atoms with Crippen LogP contribution in [0.1, 0.15) is 28.2 Å². The number of aryl methyl sites for hydroxylation is 1. The minimum absolute atomic E-state index is 0.274. The smallest absolute Gasteiger partial charge is 0.271 e. The van der Waals surface area contributed by atoms with Crippen molar-refractivity contribution in [2.45, 2.75) is 19.9 Å². The molecule has 23 heavy (non-hydrogen) atoms. The molecule has 0 radical (unpaired) electrons. The molecule has 0 saturated carbocycles. The molecular formula is C16H16ClN3O3. The van der Waals surface area contributed by atoms with Gasteiger partial charge in [0.15, 0.2) is 11.5 Å². The molecule has 6 nitrogen and oxygen atoms in total. The van der Waals surface area contributed by atoms with Crippen molar-refractivity contribution in [3.63, 3.8) is 0 Å². The van der Waals surface area contributed by atoms with Gasteiger partial charge in [0.1, 0.15) is 5.69 Å². The summed E-state index contributed by atoms with van der Waals surface area (Å²) in [5.74, 6) is 0.874. The minimum atomic E-state index is -0.291. The topological polar surface area (TPSA) is 73.3 Å². The van der Waals surface area contributed by atoms with Crippen molar-refractivity contribution < 1.29 is 14.3 Å². The van der Waals surface area contributed by atoms with E-state index in [2.05, 4.69) is 15.3 Å². The second kappa shape index (κ2) is 6.83. The van der Waals surface area contributed by atoms with E-state index in [9.17, 15) is 4.79 Å². The summed E-state index contributed by atoms with van der Waals surface area (Å²) in [6.45, 7) is 3.28. The summed E-state index contributed by atoms with van der Waals surface area (Å²) in [6.07, 6.45) is 3.81. The van der Waals surface area contributed by atoms with E-state index in [1.54, 1.807) is 12.3 Å². The molecule has 1 aromatic carbocycles. The first-order valence-electron chi connectivity index (χ1n) is 7.28. The Kier molecular flexibility index (Phi) is 4.62. The Hall–Kier alpha value is -2.34. The van der Waals surface area contributed by atoms with Crippen LogP contribution in [-0.2, 0) is 6.54 Å². The normalized spacial score (nSPS) is 13.3. The Balaban J connectivity index is 1.71. The first-order chi connectivity index (χ1) is 11.1. The molecule has 2 aromatic rings. The summed E-state index contributed by atoms with van der Waals surface area (Å²) in [5.41, 5.74) is 1.86. The Labute approximate surface area is 138 Å². The van der Waals surface area contributed by atoms with Crippen molar-refractivity contribution in [2.24, 2.45) is 0 Å². The number of benzene rings is 1. The Morgan fingerprint density at radius 2 is 2.09 bits per heavy atom. The average molecular weight is 334 g/mol. The highest BCUT2D eigenvalue weighted by atomic mass is 35.5. The van der Waals surface area contributed by atoms with E-state index >= 15 is 0 Å². The van der Waals surface area contributed by atoms with E-state index in [1.165, 1.54) is 6.20 Å². The van der Waals surface area contributed by atoms with Gasteiger partial charge in [0.2, 0.25) is 0 Å². The largest absolute Gasteiger partial charge is 0.489 e. The van der Waals surface area contributed by atoms with Gasteiger partial charge in [-0.1, -0.05) is 11.6 Å². The molecule has 1 aromatic heterocycles. The lowest BCUT2D eigenvalue weighted by Crippen LogP contribution is -2.24. The minimum Gasteiger partial charge on any atom is -0.489 e. The summed E-state index contributed by atoms with van der Waals surface area (Å²) in [7, 11) is 0. The van der Waals surface area contributed by atoms with Crippen LogP contribution in [0.5, 0.6) is 11.5 Å². The summed E-state index contributed by atoms with van der Waals surface area (Å²) in [6, 6.07) is 3.59. The van der Waals surface area contributed by atoms with Crippen molar-refractivity contribution in [1.29, 1.82) is 0 Å². The Morgan fingerprint density at radius 3 is 2.87 bits per heavy atom. The average Bonchev–Trinajstić information content (AvgIpc) is 2.79. The summed E-state index contributed by atoms with van der Waals surface area (Å²) in [5, 5.41) is 3.26. The monoisotopic (exact) mass is 333 g/mol. The number of carbonyl (C=O) groups is 1. The predicted octanol–water partition coefficient (Wildman–Crippen LogP) is 2.53. The van der Waals surface area contributed by atoms with Gasteiger partial charge in [-0.2, -0.15) is 0 Å². The molecule has 0 bridgehead atoms. The van der Waals surface area contributed by atoms with Crippen molar-refractivity contribution in [1.82, 2.24) is 15.3 Å². The number of aromatic nitrogens is 2. The maximum atomic E-state index is 12.1. The number of hydrogen-bond acceptors (Lipinski definition) is 5. The first kappa shape index (κ1) is 15.6. The van der Waals surface area contributed by atoms with Gasteiger partial charge in [-0.05, 0) is 24.6 Å². The standard InChI is InChI=1S/C16H16ClN3O3/c1-10-7-19-13(9-18-10)16(21)20-8-11-5-12(17)15-14(6-11)22-3-2-4-23-15/h5-7,9H,2-4,8H2,1H3,(H,20,21). The molecule has 0 unspecified atom stereocenters. The summed E-state index contributed by atoms with van der Waals surface area (Å²) < 4.78 is 11.2. The van der Waals surface area contributed by atoms with Crippen LogP contribution in [0.25, 0.3) is 0 Å². The highest BCUT2D eigenvalue weighted by molar-refractivity contribution is 6.32. The van der Waals surface area contributed by atoms with Crippen LogP contribution < -0.4 is 14.8 Å². The Morgan fingerprint density at radius 1 is 1.26 bits per heavy atom. The van der Waals surface area contributed by atoms with Crippen LogP contribution in [0.3, 0.4) is 0 Å². The predicted molar refractivity (Wildman–Crippen MR) is 85.0 cm³/mol. The molecule has 0 saturated heterocycles. The zero-order valence-electron chi connectivity index (χ0n) is 12.6. The van der Waals surface area contributed by atoms with E-state index in [4.69, 9.17) is 21.1 Å². The third-order valence-corrected chi connectivity index (χ3v) is 3.61. The maximum absolute atomic E-state index is 12.1. The lowest BCUT2D eigenvalue weighted by molar-refractivity contribution is 0.0945. The molecule has 3 rings (SSSR count). The zero-order valence-corrected chi connectivity index (χ0v) is 13.4. The van der Waals surface area contributed by atoms with E-state index in [1.807, 2.05) is 13.0 Å². The molecule has 0 atom stereocenters. The van der Waals surface area contributed by atoms with Gasteiger partial charge < -0.3 is 14.8 Å². The van der Waals surface area contributed by atoms with Crippen molar-refractivity contribution in [3.8, 4) is 11.5 Å². The van der Waals surface area contributed by atoms with Crippen molar-refractivity contribution in [2.75, 3.05) is 13.2 Å². The number of hydrogen-bond donors (Lipinski definition) is 1. The van der Waals surface area contributed by atoms with Crippen LogP contribution in [0.2, 0.25) is 5.02 Å². The van der Waals surface area contributed by atoms with E-state index in [-0.39, 0.29) is 11.6 Å². The fourth-order valence-corrected chi connectivity index (χ4v) is 2.46. The Bertz CT molecular complexity index is 719. The number of amides is 1. The summed E-state index contributed by atoms with van der Waals surface area (Å²) in [4.78, 5) is 20.2. The molecular weight excluding hydrogens is 318 g/mol. The quantitative estimate of drug-likeness (QED) is 0.934. The molecule has 1 aliphatic heterocycles. The SMILES string of the molecule is Cc1cnc(C(=O)NCc2cc(Cl)c3c(c2)OCCCO3)cn1. The van der Waals surface area contributed by atoms with E-state index < -0.39 is 0 Å². The second-order valence-corrected chi connectivity index (χ2v) is 5.59. The zero-order chi connectivity index (χ0) is 16.2. The number of carbonyl (C=O) groups excluding carboxylic acids is 1. The number of nitrogens with one attached hydrogen (secondary N) is 1. The highest BCUT2D eigenvalue weighted by Gasteiger charge is 2.16. The maximum Gasteiger partial charge on any atom is 0.271 e. The highest BCUT2D eigenvalue weighted by Crippen LogP contribution is 2.37. The van der Waals surface area contributed by atoms with Gasteiger partial charge >= 0.3 is 0 Å². The van der Waals surface area contributed by atoms with Crippen molar-refractivity contribution >= 4 is 17.5 Å². The summed E-state index contributed by atoms with van der Waals surface area (Å²) >= 11 is 6.23. The fraction of sp³-hybridized carbons (Fsp3) is 0.312. The second-order valence-electron chi connectivity index (χ2n) is 5.18. The molecule has 1 aliphatic rings. The molecule has 1 N–H and O–H groups in total. The lowest BCUT2D eigenvalue weighted by atomic mass is 10.2. The van der Waals surface area contributed by atoms with Gasteiger partial charge in [0.05, 0.1) is 30.1 Å². The molecule has 120 valence electrons. The number of halogens is 1. The fourth-order valence-electron chi connectivity index (χ4n) is 2.17. The number of nitrogens with zero attached hydrogens (tertiary/aromatic N) is 2. The molecule has 0 spiro atoms. The van der Waals surface area contributed by atoms with Gasteiger partial charge in [-0.15, -0.1) is 0 Å². The van der Waals surface area contributed by atoms with Crippen LogP contribution in [0.4, 0.5) is 0 Å². The number of fused-ring (bicyclic) bond motifs is 1. The number of ether oxygens (including phenoxy) is 2. The third kappa shape index (κ3) is 3.71. The molecule has 0 aliphatic carbocycles. The lowest BCUT2D eigenvalue weighted by Gasteiger charge is -2.12. The van der Waals surface area contributed by atoms with Gasteiger partial charge in [-0.25, -0.2) is 4.98 Å². The molecule has 7 heteroatoms. The first-order valence-corrected chi connectivity index (χ1v) is 7.66. The van der Waals surface area contributed by atoms with Gasteiger partial charge in [-0.3, -0.25) is 9.78 Å². The number of rotatable bonds is 3.